The maximum Gasteiger partial charge on any atom is 0.319 e. The number of hydrogen-bond acceptors (Lipinski definition) is 4. The SMILES string of the molecule is CNC(=O)C(C)N(CC(=O)OC)C(C)C. The second kappa shape index (κ2) is 6.40. The molecule has 1 atom stereocenters. The molecule has 0 radical (unpaired) electrons. The van der Waals surface area contributed by atoms with Gasteiger partial charge in [0, 0.05) is 13.1 Å². The summed E-state index contributed by atoms with van der Waals surface area (Å²) in [5.74, 6) is -0.438. The Bertz CT molecular complexity index is 229. The summed E-state index contributed by atoms with van der Waals surface area (Å²) in [6.45, 7) is 5.76. The van der Waals surface area contributed by atoms with Crippen LogP contribution < -0.4 is 5.32 Å². The highest BCUT2D eigenvalue weighted by Gasteiger charge is 2.24. The first-order valence-electron chi connectivity index (χ1n) is 4.98. The van der Waals surface area contributed by atoms with Gasteiger partial charge < -0.3 is 10.1 Å². The summed E-state index contributed by atoms with van der Waals surface area (Å²) < 4.78 is 4.58. The number of hydrogen-bond donors (Lipinski definition) is 1. The second-order valence-corrected chi connectivity index (χ2v) is 3.63. The number of rotatable bonds is 5. The van der Waals surface area contributed by atoms with Crippen LogP contribution in [0.15, 0.2) is 0 Å². The summed E-state index contributed by atoms with van der Waals surface area (Å²) in [5.41, 5.74) is 0. The second-order valence-electron chi connectivity index (χ2n) is 3.63. The average Bonchev–Trinajstić information content (AvgIpc) is 2.22. The van der Waals surface area contributed by atoms with E-state index in [1.54, 1.807) is 18.9 Å². The first-order valence-corrected chi connectivity index (χ1v) is 4.98. The third kappa shape index (κ3) is 4.29. The maximum absolute atomic E-state index is 11.4. The van der Waals surface area contributed by atoms with Gasteiger partial charge in [0.25, 0.3) is 0 Å². The molecule has 0 aliphatic carbocycles. The van der Waals surface area contributed by atoms with E-state index in [4.69, 9.17) is 0 Å². The van der Waals surface area contributed by atoms with Crippen molar-refractivity contribution in [1.82, 2.24) is 10.2 Å². The van der Waals surface area contributed by atoms with E-state index >= 15 is 0 Å². The Morgan fingerprint density at radius 1 is 1.33 bits per heavy atom. The normalized spacial score (nSPS) is 12.7. The fraction of sp³-hybridized carbons (Fsp3) is 0.800. The van der Waals surface area contributed by atoms with Crippen molar-refractivity contribution in [3.8, 4) is 0 Å². The van der Waals surface area contributed by atoms with E-state index in [0.717, 1.165) is 0 Å². The van der Waals surface area contributed by atoms with E-state index in [0.29, 0.717) is 0 Å². The zero-order chi connectivity index (χ0) is 12.0. The molecular formula is C10H20N2O3. The first kappa shape index (κ1) is 13.9. The predicted molar refractivity (Wildman–Crippen MR) is 57.4 cm³/mol. The van der Waals surface area contributed by atoms with Crippen molar-refractivity contribution in [3.63, 3.8) is 0 Å². The number of esters is 1. The number of nitrogens with one attached hydrogen (secondary N) is 1. The Morgan fingerprint density at radius 2 is 1.87 bits per heavy atom. The number of methoxy groups -OCH3 is 1. The number of likely N-dealkylation sites (N-methyl/N-ethyl adjacent to an activating group) is 1. The summed E-state index contributed by atoms with van der Waals surface area (Å²) in [5, 5.41) is 2.56. The van der Waals surface area contributed by atoms with Crippen LogP contribution in [0.4, 0.5) is 0 Å². The largest absolute Gasteiger partial charge is 0.468 e. The van der Waals surface area contributed by atoms with Crippen LogP contribution in [0.1, 0.15) is 20.8 Å². The minimum Gasteiger partial charge on any atom is -0.468 e. The lowest BCUT2D eigenvalue weighted by Crippen LogP contribution is -2.49. The molecule has 1 amide bonds. The molecule has 0 bridgehead atoms. The molecule has 1 unspecified atom stereocenters. The van der Waals surface area contributed by atoms with Crippen molar-refractivity contribution in [2.45, 2.75) is 32.9 Å². The van der Waals surface area contributed by atoms with Gasteiger partial charge in [-0.15, -0.1) is 0 Å². The Morgan fingerprint density at radius 3 is 2.20 bits per heavy atom. The molecule has 5 heteroatoms. The van der Waals surface area contributed by atoms with E-state index in [1.807, 2.05) is 13.8 Å². The van der Waals surface area contributed by atoms with Crippen molar-refractivity contribution in [1.29, 1.82) is 0 Å². The van der Waals surface area contributed by atoms with Crippen molar-refractivity contribution >= 4 is 11.9 Å². The van der Waals surface area contributed by atoms with Crippen molar-refractivity contribution < 1.29 is 14.3 Å². The molecule has 15 heavy (non-hydrogen) atoms. The molecule has 0 saturated carbocycles. The highest BCUT2D eigenvalue weighted by molar-refractivity contribution is 5.82. The molecule has 0 saturated heterocycles. The van der Waals surface area contributed by atoms with Crippen molar-refractivity contribution in [2.24, 2.45) is 0 Å². The lowest BCUT2D eigenvalue weighted by molar-refractivity contribution is -0.144. The molecule has 1 N–H and O–H groups in total. The summed E-state index contributed by atoms with van der Waals surface area (Å²) in [7, 11) is 2.92. The van der Waals surface area contributed by atoms with Crippen LogP contribution in [-0.4, -0.2) is 49.6 Å². The van der Waals surface area contributed by atoms with Gasteiger partial charge >= 0.3 is 5.97 Å². The Balaban J connectivity index is 4.51. The van der Waals surface area contributed by atoms with Crippen LogP contribution in [0, 0.1) is 0 Å². The molecular weight excluding hydrogens is 196 g/mol. The smallest absolute Gasteiger partial charge is 0.319 e. The summed E-state index contributed by atoms with van der Waals surface area (Å²) in [6.07, 6.45) is 0. The number of carbonyl (C=O) groups is 2. The molecule has 0 aromatic heterocycles. The highest BCUT2D eigenvalue weighted by Crippen LogP contribution is 2.05. The Hall–Kier alpha value is -1.10. The van der Waals surface area contributed by atoms with E-state index in [2.05, 4.69) is 10.1 Å². The summed E-state index contributed by atoms with van der Waals surface area (Å²) in [4.78, 5) is 24.4. The third-order valence-electron chi connectivity index (χ3n) is 2.33. The third-order valence-corrected chi connectivity index (χ3v) is 2.33. The molecule has 5 nitrogen and oxygen atoms in total. The maximum atomic E-state index is 11.4. The van der Waals surface area contributed by atoms with Gasteiger partial charge in [-0.3, -0.25) is 14.5 Å². The van der Waals surface area contributed by atoms with E-state index in [-0.39, 0.29) is 30.5 Å². The monoisotopic (exact) mass is 216 g/mol. The van der Waals surface area contributed by atoms with Crippen LogP contribution in [0.3, 0.4) is 0 Å². The van der Waals surface area contributed by atoms with Gasteiger partial charge in [0.15, 0.2) is 0 Å². The van der Waals surface area contributed by atoms with Crippen LogP contribution in [0.25, 0.3) is 0 Å². The van der Waals surface area contributed by atoms with Gasteiger partial charge in [-0.25, -0.2) is 0 Å². The number of ether oxygens (including phenoxy) is 1. The molecule has 88 valence electrons. The first-order chi connectivity index (χ1) is 6.93. The molecule has 0 heterocycles. The molecule has 0 aromatic carbocycles. The topological polar surface area (TPSA) is 58.6 Å². The van der Waals surface area contributed by atoms with Gasteiger partial charge in [0.2, 0.25) is 5.91 Å². The van der Waals surface area contributed by atoms with E-state index in [1.165, 1.54) is 7.11 Å². The fourth-order valence-electron chi connectivity index (χ4n) is 1.34. The van der Waals surface area contributed by atoms with E-state index in [9.17, 15) is 9.59 Å². The summed E-state index contributed by atoms with van der Waals surface area (Å²) >= 11 is 0. The van der Waals surface area contributed by atoms with Crippen LogP contribution >= 0.6 is 0 Å². The molecule has 0 rings (SSSR count). The standard InChI is InChI=1S/C10H20N2O3/c1-7(2)12(6-9(13)15-5)8(3)10(14)11-4/h7-8H,6H2,1-5H3,(H,11,14). The number of nitrogens with zero attached hydrogens (tertiary/aromatic N) is 1. The van der Waals surface area contributed by atoms with Crippen LogP contribution in [0.5, 0.6) is 0 Å². The zero-order valence-corrected chi connectivity index (χ0v) is 10.0. The van der Waals surface area contributed by atoms with Gasteiger partial charge in [0.05, 0.1) is 19.7 Å². The summed E-state index contributed by atoms with van der Waals surface area (Å²) in [6, 6.07) is -0.231. The fourth-order valence-corrected chi connectivity index (χ4v) is 1.34. The average molecular weight is 216 g/mol. The molecule has 0 aliphatic rings. The Kier molecular flexibility index (Phi) is 5.93. The van der Waals surface area contributed by atoms with Gasteiger partial charge in [-0.2, -0.15) is 0 Å². The predicted octanol–water partition coefficient (Wildman–Crippen LogP) is 0.00430. The van der Waals surface area contributed by atoms with Crippen LogP contribution in [0.2, 0.25) is 0 Å². The molecule has 0 spiro atoms. The van der Waals surface area contributed by atoms with E-state index < -0.39 is 0 Å². The minimum atomic E-state index is -0.339. The molecule has 0 fully saturated rings. The highest BCUT2D eigenvalue weighted by atomic mass is 16.5. The van der Waals surface area contributed by atoms with Gasteiger partial charge in [0.1, 0.15) is 0 Å². The van der Waals surface area contributed by atoms with Crippen molar-refractivity contribution in [3.05, 3.63) is 0 Å². The lowest BCUT2D eigenvalue weighted by Gasteiger charge is -2.30. The molecule has 0 aromatic rings. The number of carbonyl (C=O) groups excluding carboxylic acids is 2. The Labute approximate surface area is 90.8 Å². The zero-order valence-electron chi connectivity index (χ0n) is 10.0. The van der Waals surface area contributed by atoms with Gasteiger partial charge in [-0.1, -0.05) is 0 Å². The molecule has 0 aliphatic heterocycles. The lowest BCUT2D eigenvalue weighted by atomic mass is 10.2. The van der Waals surface area contributed by atoms with Gasteiger partial charge in [-0.05, 0) is 20.8 Å². The van der Waals surface area contributed by atoms with Crippen molar-refractivity contribution in [2.75, 3.05) is 20.7 Å². The quantitative estimate of drug-likeness (QED) is 0.657. The minimum absolute atomic E-state index is 0.104. The number of amides is 1. The van der Waals surface area contributed by atoms with Crippen LogP contribution in [-0.2, 0) is 14.3 Å².